The van der Waals surface area contributed by atoms with Crippen molar-refractivity contribution in [1.29, 1.82) is 0 Å². The van der Waals surface area contributed by atoms with Crippen LogP contribution in [0.25, 0.3) is 0 Å². The molecule has 0 fully saturated rings. The maximum absolute atomic E-state index is 6.31. The number of hydrogen-bond donors (Lipinski definition) is 0. The Morgan fingerprint density at radius 1 is 0.607 bits per heavy atom. The quantitative estimate of drug-likeness (QED) is 0.102. The molecule has 0 radical (unpaired) electrons. The van der Waals surface area contributed by atoms with Gasteiger partial charge in [-0.05, 0) is 25.7 Å². The van der Waals surface area contributed by atoms with Gasteiger partial charge in [0.25, 0.3) is 0 Å². The molecule has 6 heteroatoms. The Bertz CT molecular complexity index is 287. The van der Waals surface area contributed by atoms with Gasteiger partial charge in [0.15, 0.2) is 0 Å². The third-order valence-electron chi connectivity index (χ3n) is 5.86. The van der Waals surface area contributed by atoms with E-state index in [1.54, 1.807) is 0 Å². The lowest BCUT2D eigenvalue weighted by Crippen LogP contribution is -2.33. The molecular weight excluding hydrogens is 417 g/mol. The smallest absolute Gasteiger partial charge is 0.0712 e. The van der Waals surface area contributed by atoms with Crippen molar-refractivity contribution in [3.8, 4) is 0 Å². The van der Waals surface area contributed by atoms with Crippen LogP contribution >= 0.6 is 21.6 Å². The second-order valence-corrected chi connectivity index (χ2v) is 18.4. The molecular formula is C22H50O2S2Si2. The predicted molar refractivity (Wildman–Crippen MR) is 140 cm³/mol. The molecule has 0 aliphatic heterocycles. The Labute approximate surface area is 188 Å². The lowest BCUT2D eigenvalue weighted by Gasteiger charge is -2.25. The van der Waals surface area contributed by atoms with Gasteiger partial charge in [-0.25, -0.2) is 0 Å². The van der Waals surface area contributed by atoms with Gasteiger partial charge in [-0.2, -0.15) is 0 Å². The average molecular weight is 467 g/mol. The number of ether oxygens (including phenoxy) is 2. The van der Waals surface area contributed by atoms with Crippen LogP contribution in [-0.4, -0.2) is 53.8 Å². The maximum Gasteiger partial charge on any atom is 0.0712 e. The normalized spacial score (nSPS) is 14.1. The molecule has 0 aromatic carbocycles. The summed E-state index contributed by atoms with van der Waals surface area (Å²) < 4.78 is 12.6. The van der Waals surface area contributed by atoms with Crippen molar-refractivity contribution in [2.24, 2.45) is 0 Å². The molecule has 0 saturated carbocycles. The van der Waals surface area contributed by atoms with Crippen LogP contribution in [0.1, 0.15) is 80.1 Å². The van der Waals surface area contributed by atoms with E-state index in [2.05, 4.69) is 63.1 Å². The number of rotatable bonds is 21. The van der Waals surface area contributed by atoms with Crippen molar-refractivity contribution in [3.63, 3.8) is 0 Å². The summed E-state index contributed by atoms with van der Waals surface area (Å²) in [5.74, 6) is 2.49. The van der Waals surface area contributed by atoms with E-state index in [1.165, 1.54) is 74.2 Å². The minimum Gasteiger partial charge on any atom is -0.382 e. The highest BCUT2D eigenvalue weighted by Crippen LogP contribution is 2.27. The zero-order chi connectivity index (χ0) is 21.0. The van der Waals surface area contributed by atoms with E-state index in [1.807, 2.05) is 0 Å². The minimum absolute atomic E-state index is 0.594. The first-order valence-electron chi connectivity index (χ1n) is 12.2. The van der Waals surface area contributed by atoms with Crippen LogP contribution < -0.4 is 0 Å². The highest BCUT2D eigenvalue weighted by molar-refractivity contribution is 8.76. The summed E-state index contributed by atoms with van der Waals surface area (Å²) in [5, 5.41) is 0. The summed E-state index contributed by atoms with van der Waals surface area (Å²) in [4.78, 5) is 0. The minimum atomic E-state index is -0.723. The van der Waals surface area contributed by atoms with Crippen molar-refractivity contribution < 1.29 is 9.47 Å². The molecule has 0 bridgehead atoms. The molecule has 0 spiro atoms. The number of unbranched alkanes of at least 4 members (excludes halogenated alkanes) is 2. The van der Waals surface area contributed by atoms with E-state index in [4.69, 9.17) is 9.47 Å². The Kier molecular flexibility index (Phi) is 22.1. The molecule has 0 amide bonds. The Balaban J connectivity index is 4.18. The molecule has 2 unspecified atom stereocenters. The van der Waals surface area contributed by atoms with Crippen LogP contribution in [0.5, 0.6) is 0 Å². The van der Waals surface area contributed by atoms with Crippen molar-refractivity contribution in [2.75, 3.05) is 24.7 Å². The summed E-state index contributed by atoms with van der Waals surface area (Å²) in [5.41, 5.74) is 1.19. The molecule has 0 aliphatic rings. The summed E-state index contributed by atoms with van der Waals surface area (Å²) in [6.45, 7) is 15.9. The van der Waals surface area contributed by atoms with E-state index in [9.17, 15) is 0 Å². The van der Waals surface area contributed by atoms with Gasteiger partial charge in [-0.15, -0.1) is 0 Å². The molecule has 2 nitrogen and oxygen atoms in total. The van der Waals surface area contributed by atoms with Crippen LogP contribution in [-0.2, 0) is 9.47 Å². The average Bonchev–Trinajstić information content (AvgIpc) is 2.71. The lowest BCUT2D eigenvalue weighted by atomic mass is 10.4. The molecule has 0 aliphatic carbocycles. The molecule has 0 aromatic heterocycles. The zero-order valence-corrected chi connectivity index (χ0v) is 23.8. The van der Waals surface area contributed by atoms with Crippen LogP contribution in [0, 0.1) is 0 Å². The fraction of sp³-hybridized carbons (Fsp3) is 1.00. The molecule has 0 heterocycles. The summed E-state index contributed by atoms with van der Waals surface area (Å²) in [6, 6.07) is 5.51. The second-order valence-electron chi connectivity index (χ2n) is 7.90. The highest BCUT2D eigenvalue weighted by Gasteiger charge is 2.21. The molecule has 28 heavy (non-hydrogen) atoms. The Morgan fingerprint density at radius 3 is 1.25 bits per heavy atom. The van der Waals surface area contributed by atoms with Crippen LogP contribution in [0.2, 0.25) is 24.2 Å². The van der Waals surface area contributed by atoms with Gasteiger partial charge in [0, 0.05) is 36.2 Å². The summed E-state index contributed by atoms with van der Waals surface area (Å²) in [6.07, 6.45) is 7.43. The van der Waals surface area contributed by atoms with Crippen molar-refractivity contribution in [1.82, 2.24) is 0 Å². The van der Waals surface area contributed by atoms with E-state index >= 15 is 0 Å². The van der Waals surface area contributed by atoms with E-state index in [-0.39, 0.29) is 0 Å². The van der Waals surface area contributed by atoms with Gasteiger partial charge in [0.05, 0.1) is 17.6 Å². The van der Waals surface area contributed by atoms with E-state index in [0.29, 0.717) is 11.5 Å². The maximum atomic E-state index is 6.31. The fourth-order valence-electron chi connectivity index (χ4n) is 3.74. The van der Waals surface area contributed by atoms with Crippen LogP contribution in [0.3, 0.4) is 0 Å². The first kappa shape index (κ1) is 29.1. The molecule has 0 rings (SSSR count). The van der Waals surface area contributed by atoms with E-state index in [0.717, 1.165) is 13.2 Å². The summed E-state index contributed by atoms with van der Waals surface area (Å²) in [7, 11) is 2.70. The van der Waals surface area contributed by atoms with Gasteiger partial charge in [-0.1, -0.05) is 100 Å². The Hall–Kier alpha value is 1.05. The largest absolute Gasteiger partial charge is 0.382 e. The molecule has 0 aromatic rings. The second kappa shape index (κ2) is 21.3. The van der Waals surface area contributed by atoms with Gasteiger partial charge < -0.3 is 9.47 Å². The van der Waals surface area contributed by atoms with Gasteiger partial charge in [-0.3, -0.25) is 0 Å². The standard InChI is InChI=1S/C22H50O2S2Si2/c1-7-13-17-23-21(27(9-3)10-4)15-19-25-26-20-16-22(24-18-14-8-2)28(11-5)12-6/h21-22,27-28H,7-20H2,1-6H3. The van der Waals surface area contributed by atoms with Gasteiger partial charge in [0.1, 0.15) is 0 Å². The van der Waals surface area contributed by atoms with Gasteiger partial charge in [0.2, 0.25) is 0 Å². The third kappa shape index (κ3) is 14.1. The van der Waals surface area contributed by atoms with Crippen molar-refractivity contribution in [2.45, 2.75) is 116 Å². The molecule has 170 valence electrons. The SMILES string of the molecule is CCCCOC(CCSSCCC(OCCCC)[SiH](CC)CC)[SiH](CC)CC. The summed E-state index contributed by atoms with van der Waals surface area (Å²) >= 11 is 0. The van der Waals surface area contributed by atoms with Crippen LogP contribution in [0.15, 0.2) is 0 Å². The third-order valence-corrected chi connectivity index (χ3v) is 15.7. The molecule has 0 N–H and O–H groups in total. The topological polar surface area (TPSA) is 18.5 Å². The first-order chi connectivity index (χ1) is 13.7. The fourth-order valence-corrected chi connectivity index (χ4v) is 11.8. The van der Waals surface area contributed by atoms with Gasteiger partial charge >= 0.3 is 0 Å². The van der Waals surface area contributed by atoms with Crippen molar-refractivity contribution >= 4 is 39.2 Å². The zero-order valence-electron chi connectivity index (χ0n) is 19.8. The Morgan fingerprint density at radius 2 is 0.964 bits per heavy atom. The van der Waals surface area contributed by atoms with Crippen LogP contribution in [0.4, 0.5) is 0 Å². The van der Waals surface area contributed by atoms with E-state index < -0.39 is 17.6 Å². The monoisotopic (exact) mass is 466 g/mol. The predicted octanol–water partition coefficient (Wildman–Crippen LogP) is 7.13. The molecule has 0 saturated heterocycles. The number of hydrogen-bond acceptors (Lipinski definition) is 4. The molecule has 2 atom stereocenters. The first-order valence-corrected chi connectivity index (χ1v) is 19.2. The van der Waals surface area contributed by atoms with Crippen molar-refractivity contribution in [3.05, 3.63) is 0 Å². The lowest BCUT2D eigenvalue weighted by molar-refractivity contribution is 0.0971. The highest BCUT2D eigenvalue weighted by atomic mass is 33.1.